The second kappa shape index (κ2) is 13.6. The lowest BCUT2D eigenvalue weighted by Gasteiger charge is -2.19. The standard InChI is InChI=1S/C22H29N10O17P3/c1-30-6-32(16-10(30)18(38)29-22(24)27-16)20-14(36)12(34)8(47-20)4-45-51(41,42)49-52(43,44)48-50(39,40)3-2-7-11(33)13(35)19(46-7)31-5-25-9-15(31)26-21(23)28-17(9)37/h2-3,5-8,11-14,19-20,33-36H,4H2,1H3,(H8-,23,24,26,27,28,29,37,38,39,40,41,42,43,44)/p+1/b3-2+/t7-,8-,11?,12?,13+,14+,19-,20-/m1/s1. The van der Waals surface area contributed by atoms with Crippen molar-refractivity contribution in [3.8, 4) is 0 Å². The molecule has 4 aromatic heterocycles. The van der Waals surface area contributed by atoms with Crippen LogP contribution in [0, 0.1) is 0 Å². The van der Waals surface area contributed by atoms with Gasteiger partial charge in [-0.2, -0.15) is 9.29 Å². The smallest absolute Gasteiger partial charge is 0.387 e. The minimum atomic E-state index is -5.93. The van der Waals surface area contributed by atoms with Gasteiger partial charge in [-0.3, -0.25) is 37.8 Å². The Morgan fingerprint density at radius 2 is 1.62 bits per heavy atom. The average molecular weight is 799 g/mol. The molecule has 284 valence electrons. The van der Waals surface area contributed by atoms with Crippen molar-refractivity contribution in [3.05, 3.63) is 45.3 Å². The van der Waals surface area contributed by atoms with E-state index in [1.54, 1.807) is 0 Å². The van der Waals surface area contributed by atoms with Crippen molar-refractivity contribution < 1.29 is 76.0 Å². The second-order valence-corrected chi connectivity index (χ2v) is 16.2. The van der Waals surface area contributed by atoms with Gasteiger partial charge in [-0.15, -0.1) is 0 Å². The highest BCUT2D eigenvalue weighted by atomic mass is 31.3. The van der Waals surface area contributed by atoms with Crippen LogP contribution in [0.15, 0.2) is 34.1 Å². The highest BCUT2D eigenvalue weighted by molar-refractivity contribution is 7.69. The first-order valence-corrected chi connectivity index (χ1v) is 19.1. The van der Waals surface area contributed by atoms with Crippen LogP contribution in [0.1, 0.15) is 12.5 Å². The quantitative estimate of drug-likeness (QED) is 0.0509. The molecular weight excluding hydrogens is 769 g/mol. The molecule has 0 aliphatic carbocycles. The lowest BCUT2D eigenvalue weighted by atomic mass is 10.1. The molecule has 0 radical (unpaired) electrons. The molecule has 52 heavy (non-hydrogen) atoms. The largest absolute Gasteiger partial charge is 0.488 e. The van der Waals surface area contributed by atoms with Crippen molar-refractivity contribution >= 4 is 57.5 Å². The number of H-pyrrole nitrogens is 2. The molecule has 6 heterocycles. The monoisotopic (exact) mass is 799 g/mol. The van der Waals surface area contributed by atoms with Crippen LogP contribution in [0.2, 0.25) is 0 Å². The van der Waals surface area contributed by atoms with Crippen LogP contribution < -0.4 is 27.2 Å². The molecule has 4 aromatic rings. The molecule has 27 nitrogen and oxygen atoms in total. The Kier molecular flexibility index (Phi) is 9.93. The van der Waals surface area contributed by atoms with Gasteiger partial charge in [-0.25, -0.2) is 23.0 Å². The van der Waals surface area contributed by atoms with Gasteiger partial charge >= 0.3 is 28.9 Å². The Hall–Kier alpha value is -3.75. The molecule has 13 N–H and O–H groups in total. The van der Waals surface area contributed by atoms with Crippen molar-refractivity contribution in [1.29, 1.82) is 0 Å². The van der Waals surface area contributed by atoms with E-state index in [0.29, 0.717) is 6.08 Å². The van der Waals surface area contributed by atoms with Gasteiger partial charge in [0.1, 0.15) is 36.6 Å². The molecule has 2 aliphatic heterocycles. The first-order valence-electron chi connectivity index (χ1n) is 14.4. The third-order valence-corrected chi connectivity index (χ3v) is 12.1. The molecule has 6 rings (SSSR count). The fraction of sp³-hybridized carbons (Fsp3) is 0.455. The number of anilines is 2. The number of hydrogen-bond donors (Lipinski definition) is 11. The number of phosphoric ester groups is 1. The zero-order valence-corrected chi connectivity index (χ0v) is 28.7. The first kappa shape index (κ1) is 38.0. The number of nitrogen functional groups attached to an aromatic ring is 2. The number of fused-ring (bicyclic) bond motifs is 2. The van der Waals surface area contributed by atoms with Crippen molar-refractivity contribution in [2.45, 2.75) is 49.1 Å². The van der Waals surface area contributed by atoms with E-state index in [9.17, 15) is 58.4 Å². The molecule has 2 fully saturated rings. The number of ether oxygens (including phenoxy) is 2. The summed E-state index contributed by atoms with van der Waals surface area (Å²) >= 11 is 0. The number of nitrogens with two attached hydrogens (primary N) is 2. The van der Waals surface area contributed by atoms with Crippen LogP contribution in [-0.2, 0) is 43.4 Å². The molecule has 0 saturated carbocycles. The van der Waals surface area contributed by atoms with E-state index in [2.05, 4.69) is 38.1 Å². The normalized spacial score (nSPS) is 30.2. The summed E-state index contributed by atoms with van der Waals surface area (Å²) in [5, 5.41) is 42.1. The minimum Gasteiger partial charge on any atom is -0.387 e. The van der Waals surface area contributed by atoms with Crippen LogP contribution in [0.5, 0.6) is 0 Å². The third-order valence-electron chi connectivity index (χ3n) is 7.69. The highest BCUT2D eigenvalue weighted by Crippen LogP contribution is 2.68. The summed E-state index contributed by atoms with van der Waals surface area (Å²) in [6.07, 6.45) is -10.1. The molecule has 0 amide bonds. The van der Waals surface area contributed by atoms with Crippen molar-refractivity contribution in [2.24, 2.45) is 7.05 Å². The summed E-state index contributed by atoms with van der Waals surface area (Å²) in [5.74, 6) is -0.320. The number of nitrogens with one attached hydrogen (secondary N) is 2. The number of aromatic amines is 2. The molecule has 0 bridgehead atoms. The van der Waals surface area contributed by atoms with E-state index in [0.717, 1.165) is 15.5 Å². The number of nitrogens with zero attached hydrogens (tertiary/aromatic N) is 6. The predicted molar refractivity (Wildman–Crippen MR) is 167 cm³/mol. The number of hydrogen-bond acceptors (Lipinski definition) is 19. The van der Waals surface area contributed by atoms with Crippen LogP contribution >= 0.6 is 23.2 Å². The average Bonchev–Trinajstić information content (AvgIpc) is 3.74. The van der Waals surface area contributed by atoms with Gasteiger partial charge in [0.2, 0.25) is 17.7 Å². The van der Waals surface area contributed by atoms with Crippen LogP contribution in [0.3, 0.4) is 0 Å². The van der Waals surface area contributed by atoms with Gasteiger partial charge in [-0.1, -0.05) is 4.98 Å². The lowest BCUT2D eigenvalue weighted by molar-refractivity contribution is -0.745. The zero-order valence-electron chi connectivity index (χ0n) is 26.0. The Morgan fingerprint density at radius 1 is 0.942 bits per heavy atom. The fourth-order valence-electron chi connectivity index (χ4n) is 5.46. The SMILES string of the molecule is Cn1c[n+]([C@@H]2O[C@H](COP(=O)(O)OP(=O)(O)OP(=O)(O)/C=C/[C@H]3O[C@@H](n4cnc5c(=O)[nH]c(N)nc54)[C@@H](O)C3O)C(O)[C@@H]2O)c2nc(N)[nH]c(=O)c21. The minimum absolute atomic E-state index is 0.0153. The Balaban J connectivity index is 1.08. The Bertz CT molecular complexity index is 2330. The maximum atomic E-state index is 12.6. The van der Waals surface area contributed by atoms with E-state index in [4.69, 9.17) is 20.9 Å². The van der Waals surface area contributed by atoms with E-state index in [-0.39, 0.29) is 40.0 Å². The van der Waals surface area contributed by atoms with E-state index >= 15 is 0 Å². The van der Waals surface area contributed by atoms with E-state index in [1.165, 1.54) is 17.9 Å². The Labute approximate surface area is 287 Å². The van der Waals surface area contributed by atoms with Gasteiger partial charge in [0.15, 0.2) is 23.7 Å². The molecule has 5 unspecified atom stereocenters. The molecule has 11 atom stereocenters. The highest BCUT2D eigenvalue weighted by Gasteiger charge is 2.49. The summed E-state index contributed by atoms with van der Waals surface area (Å²) in [5.41, 5.74) is 9.44. The molecule has 2 saturated heterocycles. The predicted octanol–water partition coefficient (Wildman–Crippen LogP) is -3.97. The van der Waals surface area contributed by atoms with E-state index < -0.39 is 90.0 Å². The summed E-state index contributed by atoms with van der Waals surface area (Å²) in [6.45, 7) is -1.07. The topological polar surface area (TPSA) is 409 Å². The molecule has 2 aliphatic rings. The number of rotatable bonds is 11. The number of aromatic nitrogens is 8. The van der Waals surface area contributed by atoms with E-state index in [1.807, 2.05) is 0 Å². The van der Waals surface area contributed by atoms with Gasteiger partial charge in [0.05, 0.1) is 20.0 Å². The lowest BCUT2D eigenvalue weighted by Crippen LogP contribution is -2.46. The van der Waals surface area contributed by atoms with Gasteiger partial charge in [0.25, 0.3) is 17.1 Å². The molecule has 0 spiro atoms. The molecular formula is C22H30N10O17P3+. The zero-order chi connectivity index (χ0) is 38.1. The summed E-state index contributed by atoms with van der Waals surface area (Å²) < 4.78 is 65.0. The second-order valence-electron chi connectivity index (χ2n) is 11.4. The first-order chi connectivity index (χ1) is 24.2. The van der Waals surface area contributed by atoms with Crippen LogP contribution in [-0.4, -0.2) is 112 Å². The number of phosphoric acid groups is 2. The number of imidazole rings is 2. The third kappa shape index (κ3) is 7.38. The summed E-state index contributed by atoms with van der Waals surface area (Å²) in [6, 6.07) is 0. The number of aryl methyl sites for hydroxylation is 1. The molecule has 0 aromatic carbocycles. The summed E-state index contributed by atoms with van der Waals surface area (Å²) in [4.78, 5) is 70.8. The van der Waals surface area contributed by atoms with Crippen molar-refractivity contribution in [1.82, 2.24) is 34.1 Å². The van der Waals surface area contributed by atoms with Crippen LogP contribution in [0.4, 0.5) is 11.9 Å². The van der Waals surface area contributed by atoms with Crippen LogP contribution in [0.25, 0.3) is 22.3 Å². The summed E-state index contributed by atoms with van der Waals surface area (Å²) in [7, 11) is -15.5. The number of aliphatic hydroxyl groups excluding tert-OH is 4. The maximum Gasteiger partial charge on any atom is 0.488 e. The Morgan fingerprint density at radius 3 is 2.33 bits per heavy atom. The fourth-order valence-corrected chi connectivity index (χ4v) is 9.20. The van der Waals surface area contributed by atoms with Crippen molar-refractivity contribution in [3.63, 3.8) is 0 Å². The number of aliphatic hydroxyl groups is 4. The maximum absolute atomic E-state index is 12.6. The van der Waals surface area contributed by atoms with Gasteiger partial charge in [0, 0.05) is 5.82 Å². The van der Waals surface area contributed by atoms with Gasteiger partial charge in [-0.05, 0) is 6.08 Å². The molecule has 30 heteroatoms. The van der Waals surface area contributed by atoms with Gasteiger partial charge < -0.3 is 56.0 Å². The van der Waals surface area contributed by atoms with Crippen molar-refractivity contribution in [2.75, 3.05) is 18.1 Å².